The van der Waals surface area contributed by atoms with Crippen LogP contribution < -0.4 is 0 Å². The molecule has 0 atom stereocenters. The molecule has 10 aromatic rings. The molecule has 0 saturated heterocycles. The number of hydrogen-bond donors (Lipinski definition) is 0. The van der Waals surface area contributed by atoms with Crippen LogP contribution in [0, 0.1) is 0 Å². The fourth-order valence-electron chi connectivity index (χ4n) is 7.51. The maximum absolute atomic E-state index is 5.18. The summed E-state index contributed by atoms with van der Waals surface area (Å²) in [6.07, 6.45) is 3.70. The number of pyridine rings is 1. The van der Waals surface area contributed by atoms with E-state index in [2.05, 4.69) is 169 Å². The third kappa shape index (κ3) is 5.28. The number of hydrogen-bond acceptors (Lipinski definition) is 3. The Bertz CT molecular complexity index is 2850. The Labute approximate surface area is 301 Å². The smallest absolute Gasteiger partial charge is 0.160 e. The number of benzene rings is 8. The average molecular weight is 662 g/mol. The lowest BCUT2D eigenvalue weighted by molar-refractivity contribution is 1.18. The highest BCUT2D eigenvalue weighted by atomic mass is 14.9. The van der Waals surface area contributed by atoms with E-state index in [4.69, 9.17) is 9.97 Å². The summed E-state index contributed by atoms with van der Waals surface area (Å²) in [4.78, 5) is 14.7. The van der Waals surface area contributed by atoms with Gasteiger partial charge in [-0.15, -0.1) is 0 Å². The van der Waals surface area contributed by atoms with Crippen molar-refractivity contribution in [3.05, 3.63) is 188 Å². The Kier molecular flexibility index (Phi) is 7.14. The van der Waals surface area contributed by atoms with E-state index in [0.717, 1.165) is 39.2 Å². The van der Waals surface area contributed by atoms with Crippen molar-refractivity contribution in [2.75, 3.05) is 0 Å². The zero-order valence-electron chi connectivity index (χ0n) is 28.2. The van der Waals surface area contributed by atoms with Crippen LogP contribution in [0.2, 0.25) is 0 Å². The molecule has 0 spiro atoms. The van der Waals surface area contributed by atoms with Gasteiger partial charge in [0.15, 0.2) is 5.82 Å². The van der Waals surface area contributed by atoms with Crippen LogP contribution >= 0.6 is 0 Å². The Morgan fingerprint density at radius 1 is 0.327 bits per heavy atom. The summed E-state index contributed by atoms with van der Waals surface area (Å²) in [5.74, 6) is 0.688. The van der Waals surface area contributed by atoms with Crippen LogP contribution in [0.3, 0.4) is 0 Å². The van der Waals surface area contributed by atoms with Gasteiger partial charge in [-0.1, -0.05) is 158 Å². The molecule has 2 heterocycles. The summed E-state index contributed by atoms with van der Waals surface area (Å²) in [7, 11) is 0. The first-order valence-electron chi connectivity index (χ1n) is 17.6. The van der Waals surface area contributed by atoms with E-state index in [1.165, 1.54) is 54.6 Å². The van der Waals surface area contributed by atoms with E-state index < -0.39 is 0 Å². The van der Waals surface area contributed by atoms with Gasteiger partial charge in [-0.3, -0.25) is 4.98 Å². The molecule has 52 heavy (non-hydrogen) atoms. The Morgan fingerprint density at radius 3 is 1.67 bits per heavy atom. The molecule has 242 valence electrons. The van der Waals surface area contributed by atoms with Crippen molar-refractivity contribution in [3.8, 4) is 67.3 Å². The first kappa shape index (κ1) is 29.9. The minimum atomic E-state index is 0.688. The van der Waals surface area contributed by atoms with E-state index >= 15 is 0 Å². The van der Waals surface area contributed by atoms with Crippen molar-refractivity contribution in [2.45, 2.75) is 0 Å². The predicted molar refractivity (Wildman–Crippen MR) is 216 cm³/mol. The lowest BCUT2D eigenvalue weighted by Gasteiger charge is -2.14. The third-order valence-corrected chi connectivity index (χ3v) is 10.1. The zero-order chi connectivity index (χ0) is 34.4. The van der Waals surface area contributed by atoms with Gasteiger partial charge in [0.25, 0.3) is 0 Å². The van der Waals surface area contributed by atoms with Crippen molar-refractivity contribution in [1.29, 1.82) is 0 Å². The molecule has 0 N–H and O–H groups in total. The van der Waals surface area contributed by atoms with Crippen LogP contribution in [0.1, 0.15) is 0 Å². The molecule has 10 rings (SSSR count). The second-order valence-electron chi connectivity index (χ2n) is 13.3. The third-order valence-electron chi connectivity index (χ3n) is 10.1. The molecule has 0 bridgehead atoms. The van der Waals surface area contributed by atoms with Crippen molar-refractivity contribution < 1.29 is 0 Å². The molecule has 0 aliphatic heterocycles. The molecule has 0 saturated carbocycles. The van der Waals surface area contributed by atoms with Crippen molar-refractivity contribution in [3.63, 3.8) is 0 Å². The monoisotopic (exact) mass is 661 g/mol. The molecule has 0 amide bonds. The first-order chi connectivity index (χ1) is 25.7. The van der Waals surface area contributed by atoms with Gasteiger partial charge in [0, 0.05) is 34.6 Å². The number of nitrogens with zero attached hydrogens (tertiary/aromatic N) is 3. The fraction of sp³-hybridized carbons (Fsp3) is 0. The average Bonchev–Trinajstić information content (AvgIpc) is 3.23. The fourth-order valence-corrected chi connectivity index (χ4v) is 7.51. The van der Waals surface area contributed by atoms with Crippen LogP contribution in [-0.2, 0) is 0 Å². The highest BCUT2D eigenvalue weighted by Gasteiger charge is 2.15. The van der Waals surface area contributed by atoms with Crippen LogP contribution in [0.5, 0.6) is 0 Å². The summed E-state index contributed by atoms with van der Waals surface area (Å²) >= 11 is 0. The molecule has 0 aliphatic rings. The maximum Gasteiger partial charge on any atom is 0.160 e. The van der Waals surface area contributed by atoms with Crippen LogP contribution in [0.4, 0.5) is 0 Å². The molecule has 0 radical (unpaired) electrons. The van der Waals surface area contributed by atoms with E-state index in [9.17, 15) is 0 Å². The van der Waals surface area contributed by atoms with Gasteiger partial charge < -0.3 is 0 Å². The Morgan fingerprint density at radius 2 is 0.904 bits per heavy atom. The first-order valence-corrected chi connectivity index (χ1v) is 17.6. The predicted octanol–water partition coefficient (Wildman–Crippen LogP) is 12.8. The zero-order valence-corrected chi connectivity index (χ0v) is 28.2. The molecule has 3 heteroatoms. The summed E-state index contributed by atoms with van der Waals surface area (Å²) in [6, 6.07) is 62.5. The summed E-state index contributed by atoms with van der Waals surface area (Å²) in [5, 5.41) is 7.74. The van der Waals surface area contributed by atoms with Crippen LogP contribution in [-0.4, -0.2) is 15.0 Å². The minimum Gasteiger partial charge on any atom is -0.264 e. The topological polar surface area (TPSA) is 38.7 Å². The van der Waals surface area contributed by atoms with Gasteiger partial charge in [-0.25, -0.2) is 9.97 Å². The van der Waals surface area contributed by atoms with E-state index in [1.807, 2.05) is 18.3 Å². The molecule has 3 nitrogen and oxygen atoms in total. The molecule has 0 unspecified atom stereocenters. The van der Waals surface area contributed by atoms with Crippen LogP contribution in [0.15, 0.2) is 188 Å². The molecular formula is C49H31N3. The van der Waals surface area contributed by atoms with Crippen LogP contribution in [0.25, 0.3) is 99.6 Å². The second-order valence-corrected chi connectivity index (χ2v) is 13.3. The normalized spacial score (nSPS) is 11.5. The largest absolute Gasteiger partial charge is 0.264 e. The summed E-state index contributed by atoms with van der Waals surface area (Å²) in [5.41, 5.74) is 11.7. The Hall–Kier alpha value is -6.97. The number of aromatic nitrogens is 3. The molecular weight excluding hydrogens is 631 g/mol. The van der Waals surface area contributed by atoms with E-state index in [-0.39, 0.29) is 0 Å². The van der Waals surface area contributed by atoms with Gasteiger partial charge >= 0.3 is 0 Å². The van der Waals surface area contributed by atoms with Crippen molar-refractivity contribution >= 4 is 32.3 Å². The SMILES string of the molecule is c1ccc(-c2ccc(-c3cc(-c4cccc(-c5cccnc5)c4)nc(-c4ccc(-c5ccc6ccc7cccc8ccc5c6c78)cc4)n3)cc2)cc1. The summed E-state index contributed by atoms with van der Waals surface area (Å²) in [6.45, 7) is 0. The standard InChI is InChI=1S/C49H31N3/c1-2-7-32(8-3-1)33-14-18-35(19-15-33)45-30-46(41-12-5-11-40(29-41)42-13-6-28-50-31-42)52-49(51-45)39-22-16-34(17-23-39)43-26-24-38-21-20-36-9-4-10-37-25-27-44(43)48(38)47(36)37/h1-31H. The number of rotatable bonds is 6. The van der Waals surface area contributed by atoms with Gasteiger partial charge in [0.2, 0.25) is 0 Å². The molecule has 0 fully saturated rings. The van der Waals surface area contributed by atoms with E-state index in [0.29, 0.717) is 5.82 Å². The van der Waals surface area contributed by atoms with Crippen molar-refractivity contribution in [1.82, 2.24) is 15.0 Å². The quantitative estimate of drug-likeness (QED) is 0.166. The van der Waals surface area contributed by atoms with Gasteiger partial charge in [-0.05, 0) is 78.3 Å². The molecule has 8 aromatic carbocycles. The van der Waals surface area contributed by atoms with Gasteiger partial charge in [0.05, 0.1) is 11.4 Å². The minimum absolute atomic E-state index is 0.688. The highest BCUT2D eigenvalue weighted by molar-refractivity contribution is 6.25. The van der Waals surface area contributed by atoms with Gasteiger partial charge in [-0.2, -0.15) is 0 Å². The second kappa shape index (κ2) is 12.4. The molecule has 0 aliphatic carbocycles. The molecule has 2 aromatic heterocycles. The van der Waals surface area contributed by atoms with Crippen molar-refractivity contribution in [2.24, 2.45) is 0 Å². The van der Waals surface area contributed by atoms with E-state index in [1.54, 1.807) is 6.20 Å². The van der Waals surface area contributed by atoms with Gasteiger partial charge in [0.1, 0.15) is 0 Å². The summed E-state index contributed by atoms with van der Waals surface area (Å²) < 4.78 is 0. The lowest BCUT2D eigenvalue weighted by atomic mass is 9.90. The highest BCUT2D eigenvalue weighted by Crippen LogP contribution is 2.40. The maximum atomic E-state index is 5.18. The lowest BCUT2D eigenvalue weighted by Crippen LogP contribution is -1.96. The Balaban J connectivity index is 1.08.